The Morgan fingerprint density at radius 2 is 1.65 bits per heavy atom. The minimum atomic E-state index is -3.16. The number of nitrogens with zero attached hydrogens (tertiary/aromatic N) is 5. The molecule has 0 aliphatic carbocycles. The second kappa shape index (κ2) is 12.5. The molecule has 1 aromatic carbocycles. The van der Waals surface area contributed by atoms with Crippen LogP contribution in [0.3, 0.4) is 0 Å². The fourth-order valence-corrected chi connectivity index (χ4v) is 6.85. The van der Waals surface area contributed by atoms with E-state index in [1.165, 1.54) is 11.9 Å². The molecular formula is C30H46N6O3S. The Kier molecular flexibility index (Phi) is 9.52. The molecule has 0 bridgehead atoms. The average molecular weight is 571 g/mol. The summed E-state index contributed by atoms with van der Waals surface area (Å²) in [4.78, 5) is 26.6. The lowest BCUT2D eigenvalue weighted by Crippen LogP contribution is -2.52. The lowest BCUT2D eigenvalue weighted by atomic mass is 9.87. The predicted octanol–water partition coefficient (Wildman–Crippen LogP) is 4.05. The van der Waals surface area contributed by atoms with Gasteiger partial charge in [0.1, 0.15) is 17.8 Å². The summed E-state index contributed by atoms with van der Waals surface area (Å²) in [5.41, 5.74) is 3.80. The van der Waals surface area contributed by atoms with E-state index in [4.69, 9.17) is 0 Å². The van der Waals surface area contributed by atoms with E-state index in [1.807, 2.05) is 11.8 Å². The quantitative estimate of drug-likeness (QED) is 0.511. The fraction of sp³-hybridized carbons (Fsp3) is 0.633. The Hall–Kier alpha value is -2.56. The normalized spacial score (nSPS) is 18.3. The Balaban J connectivity index is 1.29. The van der Waals surface area contributed by atoms with E-state index >= 15 is 0 Å². The lowest BCUT2D eigenvalue weighted by molar-refractivity contribution is 0.0542. The Bertz CT molecular complexity index is 1260. The highest BCUT2D eigenvalue weighted by Gasteiger charge is 2.33. The molecule has 9 nitrogen and oxygen atoms in total. The SMILES string of the molecule is CCS(=O)(=O)N(C)C1CCN(C2CCN(C(=O)c3ncnc(NCc4ccc(C(C)(C)C)cc4)c3C)CC2)CC1. The van der Waals surface area contributed by atoms with Crippen LogP contribution in [-0.4, -0.2) is 89.5 Å². The van der Waals surface area contributed by atoms with Gasteiger partial charge in [-0.05, 0) is 69.2 Å². The zero-order valence-electron chi connectivity index (χ0n) is 25.0. The van der Waals surface area contributed by atoms with Gasteiger partial charge in [0.2, 0.25) is 10.0 Å². The van der Waals surface area contributed by atoms with Crippen LogP contribution in [0.2, 0.25) is 0 Å². The molecule has 2 aliphatic rings. The molecule has 1 N–H and O–H groups in total. The number of hydrogen-bond acceptors (Lipinski definition) is 7. The number of hydrogen-bond donors (Lipinski definition) is 1. The van der Waals surface area contributed by atoms with Gasteiger partial charge in [0.05, 0.1) is 5.75 Å². The van der Waals surface area contributed by atoms with E-state index in [0.717, 1.165) is 49.9 Å². The van der Waals surface area contributed by atoms with Gasteiger partial charge in [0.25, 0.3) is 5.91 Å². The van der Waals surface area contributed by atoms with Crippen LogP contribution in [0.1, 0.15) is 80.6 Å². The van der Waals surface area contributed by atoms with Crippen molar-refractivity contribution in [3.8, 4) is 0 Å². The van der Waals surface area contributed by atoms with Crippen LogP contribution >= 0.6 is 0 Å². The Labute approximate surface area is 240 Å². The van der Waals surface area contributed by atoms with Crippen molar-refractivity contribution in [1.82, 2.24) is 24.1 Å². The second-order valence-electron chi connectivity index (χ2n) is 12.2. The molecule has 0 atom stereocenters. The number of piperidine rings is 2. The minimum absolute atomic E-state index is 0.0407. The van der Waals surface area contributed by atoms with Gasteiger partial charge in [-0.2, -0.15) is 0 Å². The van der Waals surface area contributed by atoms with Crippen molar-refractivity contribution < 1.29 is 13.2 Å². The minimum Gasteiger partial charge on any atom is -0.366 e. The topological polar surface area (TPSA) is 98.7 Å². The summed E-state index contributed by atoms with van der Waals surface area (Å²) in [6.07, 6.45) is 5.01. The molecule has 0 unspecified atom stereocenters. The number of anilines is 1. The molecule has 3 heterocycles. The second-order valence-corrected chi connectivity index (χ2v) is 14.5. The van der Waals surface area contributed by atoms with Gasteiger partial charge >= 0.3 is 0 Å². The molecule has 1 aromatic heterocycles. The first-order chi connectivity index (χ1) is 18.9. The van der Waals surface area contributed by atoms with Gasteiger partial charge in [-0.25, -0.2) is 22.7 Å². The number of carbonyl (C=O) groups excluding carboxylic acids is 1. The van der Waals surface area contributed by atoms with Gasteiger partial charge in [0, 0.05) is 44.3 Å². The number of carbonyl (C=O) groups is 1. The molecule has 2 fully saturated rings. The van der Waals surface area contributed by atoms with Gasteiger partial charge in [0.15, 0.2) is 0 Å². The van der Waals surface area contributed by atoms with E-state index in [9.17, 15) is 13.2 Å². The van der Waals surface area contributed by atoms with Crippen LogP contribution in [0, 0.1) is 6.92 Å². The third kappa shape index (κ3) is 7.01. The number of likely N-dealkylation sites (tertiary alicyclic amines) is 2. The number of sulfonamides is 1. The summed E-state index contributed by atoms with van der Waals surface area (Å²) in [6.45, 7) is 14.0. The van der Waals surface area contributed by atoms with E-state index < -0.39 is 10.0 Å². The molecule has 2 aliphatic heterocycles. The summed E-state index contributed by atoms with van der Waals surface area (Å²) in [5, 5.41) is 3.39. The molecule has 0 spiro atoms. The molecular weight excluding hydrogens is 524 g/mol. The molecule has 220 valence electrons. The van der Waals surface area contributed by atoms with Crippen LogP contribution in [0.25, 0.3) is 0 Å². The molecule has 4 rings (SSSR count). The van der Waals surface area contributed by atoms with Crippen LogP contribution in [0.4, 0.5) is 5.82 Å². The molecule has 0 radical (unpaired) electrons. The Morgan fingerprint density at radius 3 is 2.23 bits per heavy atom. The maximum Gasteiger partial charge on any atom is 0.272 e. The van der Waals surface area contributed by atoms with E-state index in [-0.39, 0.29) is 23.1 Å². The van der Waals surface area contributed by atoms with Crippen LogP contribution < -0.4 is 5.32 Å². The van der Waals surface area contributed by atoms with Gasteiger partial charge < -0.3 is 15.1 Å². The number of rotatable bonds is 8. The monoisotopic (exact) mass is 570 g/mol. The molecule has 2 saturated heterocycles. The summed E-state index contributed by atoms with van der Waals surface area (Å²) in [7, 11) is -1.45. The summed E-state index contributed by atoms with van der Waals surface area (Å²) in [5.74, 6) is 0.789. The van der Waals surface area contributed by atoms with Crippen molar-refractivity contribution in [3.05, 3.63) is 53.0 Å². The van der Waals surface area contributed by atoms with E-state index in [1.54, 1.807) is 18.3 Å². The van der Waals surface area contributed by atoms with Crippen molar-refractivity contribution in [2.24, 2.45) is 0 Å². The molecule has 2 aromatic rings. The smallest absolute Gasteiger partial charge is 0.272 e. The Morgan fingerprint density at radius 1 is 1.02 bits per heavy atom. The molecule has 10 heteroatoms. The largest absolute Gasteiger partial charge is 0.366 e. The maximum atomic E-state index is 13.4. The van der Waals surface area contributed by atoms with Crippen molar-refractivity contribution in [2.45, 2.75) is 84.3 Å². The first kappa shape index (κ1) is 30.4. The van der Waals surface area contributed by atoms with Crippen LogP contribution in [0.5, 0.6) is 0 Å². The molecule has 1 amide bonds. The standard InChI is InChI=1S/C30H46N6O3S/c1-7-40(38,39)34(6)25-12-16-35(17-13-25)26-14-18-36(19-15-26)29(37)27-22(2)28(33-21-32-27)31-20-23-8-10-24(11-9-23)30(3,4)5/h8-11,21,25-26H,7,12-20H2,1-6H3,(H,31,32,33). The fourth-order valence-electron chi connectivity index (χ4n) is 5.78. The highest BCUT2D eigenvalue weighted by molar-refractivity contribution is 7.89. The zero-order valence-corrected chi connectivity index (χ0v) is 25.8. The van der Waals surface area contributed by atoms with Crippen molar-refractivity contribution in [3.63, 3.8) is 0 Å². The van der Waals surface area contributed by atoms with Gasteiger partial charge in [-0.3, -0.25) is 4.79 Å². The van der Waals surface area contributed by atoms with Gasteiger partial charge in [-0.15, -0.1) is 0 Å². The third-order valence-corrected chi connectivity index (χ3v) is 10.6. The highest BCUT2D eigenvalue weighted by atomic mass is 32.2. The molecule has 0 saturated carbocycles. The number of aromatic nitrogens is 2. The predicted molar refractivity (Wildman–Crippen MR) is 160 cm³/mol. The summed E-state index contributed by atoms with van der Waals surface area (Å²) < 4.78 is 26.1. The number of nitrogens with one attached hydrogen (secondary N) is 1. The van der Waals surface area contributed by atoms with Crippen molar-refractivity contribution >= 4 is 21.7 Å². The number of benzene rings is 1. The van der Waals surface area contributed by atoms with Crippen LogP contribution in [-0.2, 0) is 22.0 Å². The third-order valence-electron chi connectivity index (χ3n) is 8.65. The summed E-state index contributed by atoms with van der Waals surface area (Å²) in [6, 6.07) is 9.10. The zero-order chi connectivity index (χ0) is 29.1. The van der Waals surface area contributed by atoms with E-state index in [2.05, 4.69) is 65.2 Å². The van der Waals surface area contributed by atoms with Gasteiger partial charge in [-0.1, -0.05) is 45.0 Å². The van der Waals surface area contributed by atoms with E-state index in [0.29, 0.717) is 37.2 Å². The lowest BCUT2D eigenvalue weighted by Gasteiger charge is -2.43. The van der Waals surface area contributed by atoms with Crippen molar-refractivity contribution in [2.75, 3.05) is 44.3 Å². The maximum absolute atomic E-state index is 13.4. The highest BCUT2D eigenvalue weighted by Crippen LogP contribution is 2.26. The summed E-state index contributed by atoms with van der Waals surface area (Å²) >= 11 is 0. The number of amides is 1. The molecule has 40 heavy (non-hydrogen) atoms. The average Bonchev–Trinajstić information content (AvgIpc) is 2.96. The first-order valence-corrected chi connectivity index (χ1v) is 16.2. The first-order valence-electron chi connectivity index (χ1n) is 14.5. The van der Waals surface area contributed by atoms with Crippen LogP contribution in [0.15, 0.2) is 30.6 Å². The van der Waals surface area contributed by atoms with Crippen molar-refractivity contribution in [1.29, 1.82) is 0 Å².